The number of aryl methyl sites for hydroxylation is 1. The predicted octanol–water partition coefficient (Wildman–Crippen LogP) is 3.60. The van der Waals surface area contributed by atoms with Crippen molar-refractivity contribution in [1.82, 2.24) is 4.98 Å². The molecule has 0 fully saturated rings. The Hall–Kier alpha value is -1.25. The van der Waals surface area contributed by atoms with Crippen LogP contribution in [0.3, 0.4) is 0 Å². The van der Waals surface area contributed by atoms with Gasteiger partial charge in [0.05, 0.1) is 0 Å². The van der Waals surface area contributed by atoms with Crippen LogP contribution in [0.4, 0.5) is 11.5 Å². The number of hydrogen-bond donors (Lipinski definition) is 2. The molecule has 1 unspecified atom stereocenters. The lowest BCUT2D eigenvalue weighted by Gasteiger charge is -2.16. The van der Waals surface area contributed by atoms with E-state index in [0.717, 1.165) is 29.5 Å². The van der Waals surface area contributed by atoms with Crippen LogP contribution in [0.25, 0.3) is 0 Å². The highest BCUT2D eigenvalue weighted by molar-refractivity contribution is 5.53. The zero-order chi connectivity index (χ0) is 12.7. The van der Waals surface area contributed by atoms with E-state index in [4.69, 9.17) is 5.73 Å². The normalized spacial score (nSPS) is 12.4. The van der Waals surface area contributed by atoms with Crippen molar-refractivity contribution in [2.24, 2.45) is 5.92 Å². The van der Waals surface area contributed by atoms with E-state index in [9.17, 15) is 0 Å². The minimum absolute atomic E-state index is 0.735. The molecule has 3 nitrogen and oxygen atoms in total. The van der Waals surface area contributed by atoms with E-state index in [1.54, 1.807) is 0 Å². The molecule has 17 heavy (non-hydrogen) atoms. The van der Waals surface area contributed by atoms with Crippen molar-refractivity contribution < 1.29 is 0 Å². The lowest BCUT2D eigenvalue weighted by molar-refractivity contribution is 0.472. The summed E-state index contributed by atoms with van der Waals surface area (Å²) >= 11 is 0. The molecule has 3 heteroatoms. The standard InChI is InChI=1S/C14H25N3/c1-4-6-7-12(5-2)10-17-14-8-13(15)11(3)9-16-14/h8-9,12H,4-7,10H2,1-3H3,(H3,15,16,17). The highest BCUT2D eigenvalue weighted by Gasteiger charge is 2.06. The summed E-state index contributed by atoms with van der Waals surface area (Å²) in [5.41, 5.74) is 7.70. The van der Waals surface area contributed by atoms with Gasteiger partial charge in [0.1, 0.15) is 5.82 Å². The van der Waals surface area contributed by atoms with E-state index in [-0.39, 0.29) is 0 Å². The third kappa shape index (κ3) is 4.63. The topological polar surface area (TPSA) is 50.9 Å². The van der Waals surface area contributed by atoms with Crippen molar-refractivity contribution in [1.29, 1.82) is 0 Å². The third-order valence-corrected chi connectivity index (χ3v) is 3.26. The maximum atomic E-state index is 5.86. The van der Waals surface area contributed by atoms with Crippen molar-refractivity contribution >= 4 is 11.5 Å². The van der Waals surface area contributed by atoms with Crippen LogP contribution < -0.4 is 11.1 Å². The Morgan fingerprint density at radius 3 is 2.76 bits per heavy atom. The Balaban J connectivity index is 2.45. The molecular weight excluding hydrogens is 210 g/mol. The van der Waals surface area contributed by atoms with Crippen molar-refractivity contribution in [3.8, 4) is 0 Å². The number of nitrogen functional groups attached to an aromatic ring is 1. The van der Waals surface area contributed by atoms with E-state index in [1.807, 2.05) is 19.2 Å². The van der Waals surface area contributed by atoms with Crippen LogP contribution in [0.2, 0.25) is 0 Å². The lowest BCUT2D eigenvalue weighted by atomic mass is 9.99. The first kappa shape index (κ1) is 13.8. The fraction of sp³-hybridized carbons (Fsp3) is 0.643. The Kier molecular flexibility index (Phi) is 5.81. The number of nitrogens with zero attached hydrogens (tertiary/aromatic N) is 1. The number of pyridine rings is 1. The minimum Gasteiger partial charge on any atom is -0.398 e. The summed E-state index contributed by atoms with van der Waals surface area (Å²) in [4.78, 5) is 4.33. The number of anilines is 2. The van der Waals surface area contributed by atoms with Crippen LogP contribution >= 0.6 is 0 Å². The molecule has 1 aromatic rings. The van der Waals surface area contributed by atoms with Crippen LogP contribution in [0.15, 0.2) is 12.3 Å². The van der Waals surface area contributed by atoms with Gasteiger partial charge in [-0.3, -0.25) is 0 Å². The predicted molar refractivity (Wildman–Crippen MR) is 75.2 cm³/mol. The van der Waals surface area contributed by atoms with E-state index in [2.05, 4.69) is 24.1 Å². The molecule has 0 spiro atoms. The van der Waals surface area contributed by atoms with Gasteiger partial charge in [0.2, 0.25) is 0 Å². The van der Waals surface area contributed by atoms with Crippen LogP contribution in [0, 0.1) is 12.8 Å². The fourth-order valence-electron chi connectivity index (χ4n) is 1.83. The van der Waals surface area contributed by atoms with E-state index in [0.29, 0.717) is 0 Å². The van der Waals surface area contributed by atoms with Crippen LogP contribution in [-0.4, -0.2) is 11.5 Å². The SMILES string of the molecule is CCCCC(CC)CNc1cc(N)c(C)cn1. The van der Waals surface area contributed by atoms with Crippen LogP contribution in [-0.2, 0) is 0 Å². The molecule has 0 radical (unpaired) electrons. The molecule has 0 aliphatic carbocycles. The number of nitrogens with one attached hydrogen (secondary N) is 1. The van der Waals surface area contributed by atoms with E-state index >= 15 is 0 Å². The van der Waals surface area contributed by atoms with Gasteiger partial charge in [0, 0.05) is 24.5 Å². The van der Waals surface area contributed by atoms with Crippen molar-refractivity contribution in [2.45, 2.75) is 46.5 Å². The molecule has 1 atom stereocenters. The smallest absolute Gasteiger partial charge is 0.127 e. The average Bonchev–Trinajstić information content (AvgIpc) is 2.34. The maximum absolute atomic E-state index is 5.86. The Labute approximate surface area is 105 Å². The second-order valence-corrected chi connectivity index (χ2v) is 4.72. The monoisotopic (exact) mass is 235 g/mol. The molecule has 96 valence electrons. The highest BCUT2D eigenvalue weighted by Crippen LogP contribution is 2.16. The molecule has 0 amide bonds. The molecule has 0 saturated carbocycles. The Morgan fingerprint density at radius 2 is 2.18 bits per heavy atom. The summed E-state index contributed by atoms with van der Waals surface area (Å²) in [5.74, 6) is 1.63. The summed E-state index contributed by atoms with van der Waals surface area (Å²) in [6.07, 6.45) is 6.91. The first-order valence-electron chi connectivity index (χ1n) is 6.63. The third-order valence-electron chi connectivity index (χ3n) is 3.26. The molecule has 1 aromatic heterocycles. The van der Waals surface area contributed by atoms with Gasteiger partial charge in [-0.05, 0) is 24.8 Å². The number of rotatable bonds is 7. The van der Waals surface area contributed by atoms with Gasteiger partial charge in [-0.25, -0.2) is 4.98 Å². The molecule has 1 rings (SSSR count). The maximum Gasteiger partial charge on any atom is 0.127 e. The first-order chi connectivity index (χ1) is 8.17. The quantitative estimate of drug-likeness (QED) is 0.759. The Bertz CT molecular complexity index is 336. The molecule has 1 heterocycles. The van der Waals surface area contributed by atoms with Crippen LogP contribution in [0.1, 0.15) is 45.1 Å². The molecule has 0 aromatic carbocycles. The van der Waals surface area contributed by atoms with Crippen molar-refractivity contribution in [2.75, 3.05) is 17.6 Å². The van der Waals surface area contributed by atoms with Crippen molar-refractivity contribution in [3.05, 3.63) is 17.8 Å². The number of nitrogens with two attached hydrogens (primary N) is 1. The summed E-state index contributed by atoms with van der Waals surface area (Å²) in [6.45, 7) is 7.45. The zero-order valence-electron chi connectivity index (χ0n) is 11.3. The van der Waals surface area contributed by atoms with Crippen LogP contribution in [0.5, 0.6) is 0 Å². The van der Waals surface area contributed by atoms with Crippen molar-refractivity contribution in [3.63, 3.8) is 0 Å². The first-order valence-corrected chi connectivity index (χ1v) is 6.63. The second kappa shape index (κ2) is 7.15. The van der Waals surface area contributed by atoms with Gasteiger partial charge in [0.25, 0.3) is 0 Å². The zero-order valence-corrected chi connectivity index (χ0v) is 11.3. The highest BCUT2D eigenvalue weighted by atomic mass is 15.0. The average molecular weight is 235 g/mol. The molecule has 0 saturated heterocycles. The van der Waals surface area contributed by atoms with E-state index in [1.165, 1.54) is 25.7 Å². The van der Waals surface area contributed by atoms with Gasteiger partial charge in [0.15, 0.2) is 0 Å². The lowest BCUT2D eigenvalue weighted by Crippen LogP contribution is -2.14. The number of aromatic nitrogens is 1. The summed E-state index contributed by atoms with van der Waals surface area (Å²) in [6, 6.07) is 1.92. The molecule has 0 aliphatic rings. The van der Waals surface area contributed by atoms with Gasteiger partial charge in [-0.15, -0.1) is 0 Å². The molecule has 0 bridgehead atoms. The largest absolute Gasteiger partial charge is 0.398 e. The molecule has 3 N–H and O–H groups in total. The minimum atomic E-state index is 0.735. The second-order valence-electron chi connectivity index (χ2n) is 4.72. The summed E-state index contributed by atoms with van der Waals surface area (Å²) in [7, 11) is 0. The van der Waals surface area contributed by atoms with Gasteiger partial charge < -0.3 is 11.1 Å². The Morgan fingerprint density at radius 1 is 1.41 bits per heavy atom. The van der Waals surface area contributed by atoms with Gasteiger partial charge in [-0.2, -0.15) is 0 Å². The molecular formula is C14H25N3. The van der Waals surface area contributed by atoms with E-state index < -0.39 is 0 Å². The van der Waals surface area contributed by atoms with Gasteiger partial charge >= 0.3 is 0 Å². The number of hydrogen-bond acceptors (Lipinski definition) is 3. The fourth-order valence-corrected chi connectivity index (χ4v) is 1.83. The molecule has 0 aliphatic heterocycles. The summed E-state index contributed by atoms with van der Waals surface area (Å²) < 4.78 is 0. The van der Waals surface area contributed by atoms with Gasteiger partial charge in [-0.1, -0.05) is 33.1 Å². The number of unbranched alkanes of at least 4 members (excludes halogenated alkanes) is 1. The summed E-state index contributed by atoms with van der Waals surface area (Å²) in [5, 5.41) is 3.38.